The molecule has 8 fully saturated rings. The molecule has 2 N–H and O–H groups in total. The van der Waals surface area contributed by atoms with Crippen molar-refractivity contribution >= 4 is 99.0 Å². The van der Waals surface area contributed by atoms with E-state index >= 15 is 0 Å². The summed E-state index contributed by atoms with van der Waals surface area (Å²) >= 11 is 6.66. The molecule has 2 saturated heterocycles. The van der Waals surface area contributed by atoms with E-state index in [9.17, 15) is 55.2 Å². The van der Waals surface area contributed by atoms with Crippen molar-refractivity contribution in [3.8, 4) is 0 Å². The van der Waals surface area contributed by atoms with Gasteiger partial charge in [-0.3, -0.25) is 38.4 Å². The van der Waals surface area contributed by atoms with Crippen molar-refractivity contribution < 1.29 is 64.7 Å². The number of allylic oxidation sites excluding steroid dienone is 2. The van der Waals surface area contributed by atoms with E-state index in [1.54, 1.807) is 36.4 Å². The highest BCUT2D eigenvalue weighted by Crippen LogP contribution is 2.58. The van der Waals surface area contributed by atoms with Crippen LogP contribution in [0.5, 0.6) is 0 Å². The second-order valence-corrected chi connectivity index (χ2v) is 34.9. The predicted octanol–water partition coefficient (Wildman–Crippen LogP) is 9.65. The Kier molecular flexibility index (Phi) is 22.2. The second-order valence-electron chi connectivity index (χ2n) is 29.2. The molecule has 2 aromatic carbocycles. The summed E-state index contributed by atoms with van der Waals surface area (Å²) < 4.78 is 70.2. The summed E-state index contributed by atoms with van der Waals surface area (Å²) in [6.45, 7) is 18.8. The molecule has 6 aliphatic carbocycles. The van der Waals surface area contributed by atoms with Crippen molar-refractivity contribution in [2.24, 2.45) is 57.2 Å². The first-order valence-electron chi connectivity index (χ1n) is 32.7. The fraction of sp³-hybridized carbons (Fsp3) is 0.647. The first kappa shape index (κ1) is 71.2. The van der Waals surface area contributed by atoms with Gasteiger partial charge in [-0.2, -0.15) is 8.61 Å². The van der Waals surface area contributed by atoms with Gasteiger partial charge in [-0.05, 0) is 167 Å². The topological polar surface area (TPSA) is 260 Å². The monoisotopic (exact) mass is 1440 g/mol. The summed E-state index contributed by atoms with van der Waals surface area (Å²) in [5.41, 5.74) is -3.31. The quantitative estimate of drug-likeness (QED) is 0.0656. The van der Waals surface area contributed by atoms with Gasteiger partial charge in [0.25, 0.3) is 0 Å². The number of rotatable bonds is 26. The minimum absolute atomic E-state index is 0.0275. The molecule has 4 amide bonds. The van der Waals surface area contributed by atoms with Crippen LogP contribution in [0.1, 0.15) is 157 Å². The van der Waals surface area contributed by atoms with Crippen LogP contribution in [0.15, 0.2) is 92.6 Å². The maximum Gasteiger partial charge on any atom is 0.306 e. The van der Waals surface area contributed by atoms with Gasteiger partial charge in [0, 0.05) is 48.0 Å². The van der Waals surface area contributed by atoms with Gasteiger partial charge in [0.2, 0.25) is 43.7 Å². The molecule has 10 rings (SSSR count). The molecule has 504 valence electrons. The number of hydrogen-bond acceptors (Lipinski definition) is 14. The average molecular weight is 1440 g/mol. The highest BCUT2D eigenvalue weighted by Gasteiger charge is 2.62. The summed E-state index contributed by atoms with van der Waals surface area (Å²) in [5.74, 6) is -4.22. The van der Waals surface area contributed by atoms with Gasteiger partial charge in [-0.25, -0.2) is 16.8 Å². The van der Waals surface area contributed by atoms with Crippen molar-refractivity contribution in [3.05, 3.63) is 82.8 Å². The Morgan fingerprint density at radius 1 is 0.576 bits per heavy atom. The minimum Gasteiger partial charge on any atom is -0.462 e. The van der Waals surface area contributed by atoms with Crippen LogP contribution in [0.3, 0.4) is 0 Å². The molecule has 0 unspecified atom stereocenters. The Balaban J connectivity index is 0.000000217. The van der Waals surface area contributed by atoms with Crippen molar-refractivity contribution in [3.63, 3.8) is 0 Å². The summed E-state index contributed by atoms with van der Waals surface area (Å²) in [6.07, 6.45) is 14.8. The van der Waals surface area contributed by atoms with Crippen LogP contribution in [0.2, 0.25) is 0 Å². The molecule has 24 heteroatoms. The van der Waals surface area contributed by atoms with Crippen LogP contribution >= 0.6 is 31.9 Å². The number of nitrogens with one attached hydrogen (secondary N) is 2. The lowest BCUT2D eigenvalue weighted by Gasteiger charge is -2.34. The van der Waals surface area contributed by atoms with E-state index in [0.29, 0.717) is 46.7 Å². The molecule has 2 heterocycles. The average Bonchev–Trinajstić information content (AvgIpc) is 1.58. The van der Waals surface area contributed by atoms with E-state index in [4.69, 9.17) is 9.47 Å². The van der Waals surface area contributed by atoms with Gasteiger partial charge in [-0.15, -0.1) is 13.2 Å². The number of hydrogen-bond donors (Lipinski definition) is 2. The third-order valence-electron chi connectivity index (χ3n) is 20.2. The first-order chi connectivity index (χ1) is 43.3. The number of carbonyl (C=O) groups is 8. The van der Waals surface area contributed by atoms with E-state index in [1.807, 2.05) is 41.5 Å². The molecule has 2 aliphatic heterocycles. The highest BCUT2D eigenvalue weighted by atomic mass is 79.9. The van der Waals surface area contributed by atoms with E-state index in [2.05, 4.69) is 55.7 Å². The maximum atomic E-state index is 14.4. The van der Waals surface area contributed by atoms with Gasteiger partial charge in [0.05, 0.1) is 58.6 Å². The Morgan fingerprint density at radius 2 is 0.967 bits per heavy atom. The van der Waals surface area contributed by atoms with Crippen molar-refractivity contribution in [1.82, 2.24) is 29.0 Å². The van der Waals surface area contributed by atoms with Gasteiger partial charge in [0.15, 0.2) is 11.6 Å². The third-order valence-corrected chi connectivity index (χ3v) is 24.8. The Labute approximate surface area is 559 Å². The van der Waals surface area contributed by atoms with Gasteiger partial charge >= 0.3 is 11.9 Å². The zero-order valence-corrected chi connectivity index (χ0v) is 58.8. The third kappa shape index (κ3) is 16.7. The van der Waals surface area contributed by atoms with Gasteiger partial charge < -0.3 is 29.9 Å². The van der Waals surface area contributed by atoms with Crippen LogP contribution in [-0.4, -0.2) is 146 Å². The molecule has 2 aromatic rings. The fourth-order valence-electron chi connectivity index (χ4n) is 13.6. The minimum atomic E-state index is -4.09. The Hall–Kier alpha value is -5.14. The van der Waals surface area contributed by atoms with Crippen LogP contribution in [0.25, 0.3) is 0 Å². The summed E-state index contributed by atoms with van der Waals surface area (Å²) in [4.78, 5) is 113. The molecule has 92 heavy (non-hydrogen) atoms. The number of amides is 4. The molecular formula is C68H92Br2N6O14S2. The molecule has 20 nitrogen and oxygen atoms in total. The summed E-state index contributed by atoms with van der Waals surface area (Å²) in [5, 5.41) is 6.02. The molecule has 6 saturated carbocycles. The van der Waals surface area contributed by atoms with Gasteiger partial charge in [0.1, 0.15) is 24.3 Å². The number of nitrogens with zero attached hydrogens (tertiary/aromatic N) is 4. The van der Waals surface area contributed by atoms with Crippen LogP contribution in [-0.2, 0) is 67.9 Å². The summed E-state index contributed by atoms with van der Waals surface area (Å²) in [6, 6.07) is 10.2. The van der Waals surface area contributed by atoms with Crippen LogP contribution in [0.4, 0.5) is 0 Å². The SMILES string of the molecule is C=C[C@@H]1C[C@]1(CC(=O)[C@@H]1CN(S(=O)(=O)c2ccc(Br)cc2)CN1C(=O)[C@@H](CC(=O)OC1CCCC1)C(C)(C)C)C(=O)NCC1CC1.C=C[C@@H]1C[C@]1(CC(=O)[C@@H]1CN(S(=O)(=O)c2cccc(Br)c2)CN1C(=O)[C@@H](CC(=O)OC1CCCC1)C(C)(C)C)C(=O)NCC1CC1. The smallest absolute Gasteiger partial charge is 0.306 e. The maximum absolute atomic E-state index is 14.4. The lowest BCUT2D eigenvalue weighted by atomic mass is 9.77. The molecule has 0 aromatic heterocycles. The molecule has 8 aliphatic rings. The van der Waals surface area contributed by atoms with Crippen molar-refractivity contribution in [1.29, 1.82) is 0 Å². The number of sulfonamides is 2. The summed E-state index contributed by atoms with van der Waals surface area (Å²) in [7, 11) is -8.17. The van der Waals surface area contributed by atoms with Gasteiger partial charge in [-0.1, -0.05) is 91.6 Å². The first-order valence-corrected chi connectivity index (χ1v) is 37.2. The number of halogens is 2. The van der Waals surface area contributed by atoms with E-state index < -0.39 is 89.4 Å². The standard InChI is InChI=1S/2C34H46BrN3O7S/c1-5-23-17-34(23,32(42)36-19-22-13-14-22)18-29(39)28-20-37(46(43,44)26-12-8-9-24(35)15-26)21-38(28)31(41)27(33(2,3)4)16-30(40)45-25-10-6-7-11-25;1-5-23-17-34(23,32(42)36-19-22-10-11-22)18-29(39)28-20-37(46(43,44)26-14-12-24(35)13-15-26)21-38(28)31(41)27(33(2,3)4)16-30(40)45-25-8-6-7-9-25/h5,8-9,12,15,22-23,25,27-28H,1,6-7,10-11,13-14,16-21H2,2-4H3,(H,36,42);5,12-15,22-23,25,27-28H,1,6-11,16-21H2,2-4H3,(H,36,42)/t2*23-,27-,28+,34-/m11/s1. The fourth-order valence-corrected chi connectivity index (χ4v) is 17.2. The number of Topliss-reactive ketones (excluding diaryl/α,β-unsaturated/α-hetero) is 2. The predicted molar refractivity (Wildman–Crippen MR) is 351 cm³/mol. The molecule has 0 radical (unpaired) electrons. The Bertz CT molecular complexity index is 3390. The number of ether oxygens (including phenoxy) is 2. The highest BCUT2D eigenvalue weighted by molar-refractivity contribution is 9.10. The molecule has 0 bridgehead atoms. The van der Waals surface area contributed by atoms with E-state index in [1.165, 1.54) is 34.1 Å². The normalized spacial score (nSPS) is 26.0. The molecular weight excluding hydrogens is 1350 g/mol. The molecule has 0 spiro atoms. The lowest BCUT2D eigenvalue weighted by molar-refractivity contribution is -0.156. The largest absolute Gasteiger partial charge is 0.462 e. The lowest BCUT2D eigenvalue weighted by Crippen LogP contribution is -2.49. The zero-order chi connectivity index (χ0) is 66.9. The number of carbonyl (C=O) groups excluding carboxylic acids is 8. The van der Waals surface area contributed by atoms with Crippen LogP contribution in [0, 0.1) is 57.2 Å². The van der Waals surface area contributed by atoms with Crippen molar-refractivity contribution in [2.45, 2.75) is 191 Å². The zero-order valence-electron chi connectivity index (χ0n) is 54.0. The van der Waals surface area contributed by atoms with Crippen molar-refractivity contribution in [2.75, 3.05) is 39.5 Å². The van der Waals surface area contributed by atoms with E-state index in [0.717, 1.165) is 85.7 Å². The second kappa shape index (κ2) is 28.7. The Morgan fingerprint density at radius 3 is 1.32 bits per heavy atom. The molecule has 8 atom stereocenters. The number of esters is 2. The number of benzene rings is 2. The van der Waals surface area contributed by atoms with Crippen LogP contribution < -0.4 is 10.6 Å². The van der Waals surface area contributed by atoms with E-state index in [-0.39, 0.29) is 109 Å². The number of ketones is 2.